The highest BCUT2D eigenvalue weighted by atomic mass is 15.2. The lowest BCUT2D eigenvalue weighted by Crippen LogP contribution is -2.29. The molecule has 0 unspecified atom stereocenters. The van der Waals surface area contributed by atoms with Crippen LogP contribution in [0.4, 0.5) is 11.6 Å². The van der Waals surface area contributed by atoms with E-state index in [0.717, 1.165) is 5.82 Å². The smallest absolute Gasteiger partial charge is 0.185 e. The maximum atomic E-state index is 8.83. The van der Waals surface area contributed by atoms with E-state index in [4.69, 9.17) is 5.26 Å². The summed E-state index contributed by atoms with van der Waals surface area (Å²) >= 11 is 0. The van der Waals surface area contributed by atoms with Gasteiger partial charge in [-0.1, -0.05) is 12.8 Å². The van der Waals surface area contributed by atoms with E-state index < -0.39 is 0 Å². The molecule has 0 amide bonds. The van der Waals surface area contributed by atoms with Gasteiger partial charge in [0.25, 0.3) is 0 Å². The average molecular weight is 231 g/mol. The summed E-state index contributed by atoms with van der Waals surface area (Å²) in [5.74, 6) is 1.53. The normalized spacial score (nSPS) is 15.6. The first-order valence-corrected chi connectivity index (χ1v) is 5.90. The summed E-state index contributed by atoms with van der Waals surface area (Å²) in [6.07, 6.45) is 8.60. The monoisotopic (exact) mass is 231 g/mol. The molecule has 0 bridgehead atoms. The lowest BCUT2D eigenvalue weighted by molar-refractivity contribution is 0.645. The third-order valence-corrected chi connectivity index (χ3v) is 3.37. The van der Waals surface area contributed by atoms with Crippen molar-refractivity contribution >= 4 is 11.6 Å². The Bertz CT molecular complexity index is 419. The molecule has 0 atom stereocenters. The molecule has 5 nitrogen and oxygen atoms in total. The van der Waals surface area contributed by atoms with Crippen LogP contribution in [0.3, 0.4) is 0 Å². The molecule has 2 rings (SSSR count). The molecule has 5 heteroatoms. The van der Waals surface area contributed by atoms with E-state index in [1.54, 1.807) is 7.05 Å². The summed E-state index contributed by atoms with van der Waals surface area (Å²) in [5, 5.41) is 8.83. The molecule has 0 N–H and O–H groups in total. The van der Waals surface area contributed by atoms with Crippen molar-refractivity contribution in [1.82, 2.24) is 9.97 Å². The number of anilines is 2. The fourth-order valence-corrected chi connectivity index (χ4v) is 2.24. The highest BCUT2D eigenvalue weighted by molar-refractivity contribution is 5.51. The SMILES string of the molecule is CN(C#N)c1cc(N(C)C2CCCC2)ncn1. The molecular weight excluding hydrogens is 214 g/mol. The predicted octanol–water partition coefficient (Wildman–Crippen LogP) is 1.77. The third-order valence-electron chi connectivity index (χ3n) is 3.37. The van der Waals surface area contributed by atoms with Crippen LogP contribution < -0.4 is 9.80 Å². The number of hydrogen-bond donors (Lipinski definition) is 0. The third kappa shape index (κ3) is 2.47. The first-order chi connectivity index (χ1) is 8.22. The van der Waals surface area contributed by atoms with Crippen molar-refractivity contribution < 1.29 is 0 Å². The number of nitrogens with zero attached hydrogens (tertiary/aromatic N) is 5. The Morgan fingerprint density at radius 3 is 2.53 bits per heavy atom. The minimum atomic E-state index is 0.574. The Kier molecular flexibility index (Phi) is 3.43. The van der Waals surface area contributed by atoms with Gasteiger partial charge < -0.3 is 4.90 Å². The molecule has 17 heavy (non-hydrogen) atoms. The van der Waals surface area contributed by atoms with Gasteiger partial charge in [-0.15, -0.1) is 0 Å². The van der Waals surface area contributed by atoms with E-state index in [0.29, 0.717) is 11.9 Å². The van der Waals surface area contributed by atoms with Crippen molar-refractivity contribution in [2.24, 2.45) is 0 Å². The summed E-state index contributed by atoms with van der Waals surface area (Å²) in [4.78, 5) is 12.0. The molecule has 1 aromatic rings. The molecule has 0 aromatic carbocycles. The molecule has 0 saturated heterocycles. The van der Waals surface area contributed by atoms with Gasteiger partial charge in [0.15, 0.2) is 6.19 Å². The Hall–Kier alpha value is -1.83. The van der Waals surface area contributed by atoms with E-state index >= 15 is 0 Å². The highest BCUT2D eigenvalue weighted by Crippen LogP contribution is 2.26. The molecular formula is C12H17N5. The molecule has 0 radical (unpaired) electrons. The van der Waals surface area contributed by atoms with Gasteiger partial charge >= 0.3 is 0 Å². The van der Waals surface area contributed by atoms with Gasteiger partial charge in [-0.2, -0.15) is 5.26 Å². The Labute approximate surface area is 102 Å². The molecule has 1 aliphatic carbocycles. The number of aromatic nitrogens is 2. The van der Waals surface area contributed by atoms with Crippen molar-refractivity contribution in [2.75, 3.05) is 23.9 Å². The van der Waals surface area contributed by atoms with Gasteiger partial charge in [-0.3, -0.25) is 4.90 Å². The van der Waals surface area contributed by atoms with Crippen LogP contribution in [0.1, 0.15) is 25.7 Å². The lowest BCUT2D eigenvalue weighted by Gasteiger charge is -2.25. The Morgan fingerprint density at radius 1 is 1.24 bits per heavy atom. The topological polar surface area (TPSA) is 56.1 Å². The van der Waals surface area contributed by atoms with Crippen LogP contribution in [-0.4, -0.2) is 30.1 Å². The zero-order valence-corrected chi connectivity index (χ0v) is 10.3. The van der Waals surface area contributed by atoms with Crippen molar-refractivity contribution in [3.63, 3.8) is 0 Å². The molecule has 1 saturated carbocycles. The van der Waals surface area contributed by atoms with Crippen molar-refractivity contribution in [2.45, 2.75) is 31.7 Å². The maximum absolute atomic E-state index is 8.83. The largest absolute Gasteiger partial charge is 0.357 e. The Balaban J connectivity index is 2.18. The molecule has 0 aliphatic heterocycles. The van der Waals surface area contributed by atoms with Crippen LogP contribution in [0.25, 0.3) is 0 Å². The number of nitriles is 1. The van der Waals surface area contributed by atoms with Crippen molar-refractivity contribution in [3.05, 3.63) is 12.4 Å². The minimum Gasteiger partial charge on any atom is -0.357 e. The molecule has 1 aromatic heterocycles. The first kappa shape index (κ1) is 11.6. The van der Waals surface area contributed by atoms with Gasteiger partial charge in [-0.25, -0.2) is 9.97 Å². The molecule has 1 aliphatic rings. The summed E-state index contributed by atoms with van der Waals surface area (Å²) in [5.41, 5.74) is 0. The quantitative estimate of drug-likeness (QED) is 0.586. The van der Waals surface area contributed by atoms with Crippen LogP contribution >= 0.6 is 0 Å². The summed E-state index contributed by atoms with van der Waals surface area (Å²) in [7, 11) is 3.76. The maximum Gasteiger partial charge on any atom is 0.185 e. The molecule has 1 fully saturated rings. The number of rotatable bonds is 3. The van der Waals surface area contributed by atoms with Gasteiger partial charge in [0.05, 0.1) is 0 Å². The van der Waals surface area contributed by atoms with E-state index in [9.17, 15) is 0 Å². The van der Waals surface area contributed by atoms with Crippen LogP contribution in [0.5, 0.6) is 0 Å². The van der Waals surface area contributed by atoms with E-state index in [2.05, 4.69) is 21.9 Å². The van der Waals surface area contributed by atoms with E-state index in [1.807, 2.05) is 12.3 Å². The average Bonchev–Trinajstić information content (AvgIpc) is 2.91. The molecule has 1 heterocycles. The summed E-state index contributed by atoms with van der Waals surface area (Å²) in [6, 6.07) is 2.44. The first-order valence-electron chi connectivity index (χ1n) is 5.90. The fraction of sp³-hybridized carbons (Fsp3) is 0.583. The standard InChI is InChI=1S/C12H17N5/c1-16(8-13)11-7-12(15-9-14-11)17(2)10-5-3-4-6-10/h7,9-10H,3-6H2,1-2H3. The molecule has 90 valence electrons. The summed E-state index contributed by atoms with van der Waals surface area (Å²) < 4.78 is 0. The van der Waals surface area contributed by atoms with Crippen molar-refractivity contribution in [3.8, 4) is 6.19 Å². The van der Waals surface area contributed by atoms with Crippen LogP contribution in [0.2, 0.25) is 0 Å². The summed E-state index contributed by atoms with van der Waals surface area (Å²) in [6.45, 7) is 0. The highest BCUT2D eigenvalue weighted by Gasteiger charge is 2.21. The zero-order valence-electron chi connectivity index (χ0n) is 10.3. The number of hydrogen-bond acceptors (Lipinski definition) is 5. The van der Waals surface area contributed by atoms with Gasteiger partial charge in [-0.05, 0) is 12.8 Å². The second-order valence-electron chi connectivity index (χ2n) is 4.44. The van der Waals surface area contributed by atoms with Crippen LogP contribution in [-0.2, 0) is 0 Å². The predicted molar refractivity (Wildman–Crippen MR) is 66.7 cm³/mol. The fourth-order valence-electron chi connectivity index (χ4n) is 2.24. The van der Waals surface area contributed by atoms with Gasteiger partial charge in [0.2, 0.25) is 0 Å². The van der Waals surface area contributed by atoms with Crippen LogP contribution in [0.15, 0.2) is 12.4 Å². The second kappa shape index (κ2) is 5.00. The van der Waals surface area contributed by atoms with Crippen LogP contribution in [0, 0.1) is 11.5 Å². The van der Waals surface area contributed by atoms with E-state index in [1.165, 1.54) is 36.9 Å². The second-order valence-corrected chi connectivity index (χ2v) is 4.44. The lowest BCUT2D eigenvalue weighted by atomic mass is 10.2. The van der Waals surface area contributed by atoms with Gasteiger partial charge in [0, 0.05) is 26.2 Å². The molecule has 0 spiro atoms. The zero-order chi connectivity index (χ0) is 12.3. The minimum absolute atomic E-state index is 0.574. The van der Waals surface area contributed by atoms with Crippen molar-refractivity contribution in [1.29, 1.82) is 5.26 Å². The van der Waals surface area contributed by atoms with E-state index in [-0.39, 0.29) is 0 Å². The Morgan fingerprint density at radius 2 is 1.88 bits per heavy atom. The van der Waals surface area contributed by atoms with Gasteiger partial charge in [0.1, 0.15) is 18.0 Å².